The van der Waals surface area contributed by atoms with Crippen molar-refractivity contribution in [2.75, 3.05) is 0 Å². The van der Waals surface area contributed by atoms with Crippen LogP contribution in [0.15, 0.2) is 34.8 Å². The average Bonchev–Trinajstić information content (AvgIpc) is 2.75. The van der Waals surface area contributed by atoms with Gasteiger partial charge < -0.3 is 5.32 Å². The SMILES string of the molecule is Cc1ccc(Br)cc1C(=O)NCc1ccc(Cl)s1. The van der Waals surface area contributed by atoms with Crippen molar-refractivity contribution in [1.82, 2.24) is 5.32 Å². The van der Waals surface area contributed by atoms with Gasteiger partial charge in [-0.25, -0.2) is 0 Å². The lowest BCUT2D eigenvalue weighted by Gasteiger charge is -2.07. The minimum atomic E-state index is -0.0710. The Morgan fingerprint density at radius 1 is 1.39 bits per heavy atom. The molecule has 94 valence electrons. The predicted octanol–water partition coefficient (Wildman–Crippen LogP) is 4.40. The topological polar surface area (TPSA) is 29.1 Å². The van der Waals surface area contributed by atoms with Gasteiger partial charge in [-0.2, -0.15) is 0 Å². The highest BCUT2D eigenvalue weighted by Gasteiger charge is 2.09. The summed E-state index contributed by atoms with van der Waals surface area (Å²) in [5.41, 5.74) is 1.65. The van der Waals surface area contributed by atoms with Crippen LogP contribution in [0.2, 0.25) is 4.34 Å². The van der Waals surface area contributed by atoms with Crippen LogP contribution in [0.5, 0.6) is 0 Å². The fourth-order valence-corrected chi connectivity index (χ4v) is 2.94. The largest absolute Gasteiger partial charge is 0.347 e. The van der Waals surface area contributed by atoms with Gasteiger partial charge in [0.25, 0.3) is 5.91 Å². The molecule has 1 aromatic carbocycles. The number of hydrogen-bond acceptors (Lipinski definition) is 2. The Hall–Kier alpha value is -0.840. The fraction of sp³-hybridized carbons (Fsp3) is 0.154. The molecule has 2 nitrogen and oxygen atoms in total. The van der Waals surface area contributed by atoms with Crippen molar-refractivity contribution in [3.63, 3.8) is 0 Å². The highest BCUT2D eigenvalue weighted by molar-refractivity contribution is 9.10. The summed E-state index contributed by atoms with van der Waals surface area (Å²) in [5, 5.41) is 2.89. The number of thiophene rings is 1. The predicted molar refractivity (Wildman–Crippen MR) is 79.4 cm³/mol. The van der Waals surface area contributed by atoms with Crippen molar-refractivity contribution in [1.29, 1.82) is 0 Å². The smallest absolute Gasteiger partial charge is 0.251 e. The number of hydrogen-bond donors (Lipinski definition) is 1. The minimum absolute atomic E-state index is 0.0710. The maximum absolute atomic E-state index is 12.0. The van der Waals surface area contributed by atoms with E-state index in [0.717, 1.165) is 19.2 Å². The number of amides is 1. The monoisotopic (exact) mass is 343 g/mol. The normalized spacial score (nSPS) is 10.4. The number of rotatable bonds is 3. The van der Waals surface area contributed by atoms with Gasteiger partial charge >= 0.3 is 0 Å². The molecule has 0 fully saturated rings. The summed E-state index contributed by atoms with van der Waals surface area (Å²) in [4.78, 5) is 13.1. The zero-order chi connectivity index (χ0) is 13.1. The van der Waals surface area contributed by atoms with Crippen LogP contribution in [0.25, 0.3) is 0 Å². The molecule has 2 rings (SSSR count). The summed E-state index contributed by atoms with van der Waals surface area (Å²) in [6.45, 7) is 2.42. The van der Waals surface area contributed by atoms with E-state index in [1.807, 2.05) is 37.3 Å². The fourth-order valence-electron chi connectivity index (χ4n) is 1.55. The highest BCUT2D eigenvalue weighted by atomic mass is 79.9. The summed E-state index contributed by atoms with van der Waals surface area (Å²) in [6, 6.07) is 9.41. The van der Waals surface area contributed by atoms with Crippen molar-refractivity contribution >= 4 is 44.8 Å². The molecule has 0 saturated carbocycles. The highest BCUT2D eigenvalue weighted by Crippen LogP contribution is 2.21. The molecule has 18 heavy (non-hydrogen) atoms. The third-order valence-electron chi connectivity index (χ3n) is 2.50. The number of carbonyl (C=O) groups excluding carboxylic acids is 1. The van der Waals surface area contributed by atoms with E-state index in [0.29, 0.717) is 12.1 Å². The van der Waals surface area contributed by atoms with E-state index >= 15 is 0 Å². The van der Waals surface area contributed by atoms with Crippen LogP contribution >= 0.6 is 38.9 Å². The molecule has 0 aliphatic heterocycles. The van der Waals surface area contributed by atoms with Crippen molar-refractivity contribution in [2.45, 2.75) is 13.5 Å². The van der Waals surface area contributed by atoms with Crippen LogP contribution in [-0.4, -0.2) is 5.91 Å². The van der Waals surface area contributed by atoms with Gasteiger partial charge in [-0.1, -0.05) is 33.6 Å². The van der Waals surface area contributed by atoms with Crippen LogP contribution in [0.4, 0.5) is 0 Å². The van der Waals surface area contributed by atoms with Crippen molar-refractivity contribution in [2.24, 2.45) is 0 Å². The van der Waals surface area contributed by atoms with Crippen LogP contribution in [0.3, 0.4) is 0 Å². The molecule has 5 heteroatoms. The van der Waals surface area contributed by atoms with Crippen LogP contribution in [0.1, 0.15) is 20.8 Å². The van der Waals surface area contributed by atoms with Crippen molar-refractivity contribution in [3.05, 3.63) is 55.1 Å². The lowest BCUT2D eigenvalue weighted by molar-refractivity contribution is 0.0950. The summed E-state index contributed by atoms with van der Waals surface area (Å²) in [7, 11) is 0. The number of carbonyl (C=O) groups is 1. The molecule has 0 radical (unpaired) electrons. The molecular weight excluding hydrogens is 334 g/mol. The molecule has 0 aliphatic carbocycles. The van der Waals surface area contributed by atoms with E-state index in [9.17, 15) is 4.79 Å². The third-order valence-corrected chi connectivity index (χ3v) is 4.22. The minimum Gasteiger partial charge on any atom is -0.347 e. The molecule has 1 aromatic heterocycles. The number of halogens is 2. The second kappa shape index (κ2) is 5.87. The van der Waals surface area contributed by atoms with E-state index in [1.54, 1.807) is 0 Å². The van der Waals surface area contributed by atoms with Crippen molar-refractivity contribution in [3.8, 4) is 0 Å². The molecular formula is C13H11BrClNOS. The molecule has 0 bridgehead atoms. The second-order valence-electron chi connectivity index (χ2n) is 3.85. The lowest BCUT2D eigenvalue weighted by atomic mass is 10.1. The standard InChI is InChI=1S/C13H11BrClNOS/c1-8-2-3-9(14)6-11(8)13(17)16-7-10-4-5-12(15)18-10/h2-6H,7H2,1H3,(H,16,17). The maximum Gasteiger partial charge on any atom is 0.251 e. The summed E-state index contributed by atoms with van der Waals surface area (Å²) in [5.74, 6) is -0.0710. The van der Waals surface area contributed by atoms with Crippen LogP contribution < -0.4 is 5.32 Å². The third kappa shape index (κ3) is 3.34. The Bertz CT molecular complexity index is 582. The Balaban J connectivity index is 2.05. The maximum atomic E-state index is 12.0. The molecule has 1 N–H and O–H groups in total. The zero-order valence-electron chi connectivity index (χ0n) is 9.67. The first-order valence-electron chi connectivity index (χ1n) is 5.35. The number of nitrogens with one attached hydrogen (secondary N) is 1. The Morgan fingerprint density at radius 2 is 2.17 bits per heavy atom. The summed E-state index contributed by atoms with van der Waals surface area (Å²) in [6.07, 6.45) is 0. The molecule has 0 unspecified atom stereocenters. The first-order chi connectivity index (χ1) is 8.56. The van der Waals surface area contributed by atoms with E-state index in [2.05, 4.69) is 21.2 Å². The summed E-state index contributed by atoms with van der Waals surface area (Å²) >= 11 is 10.7. The molecule has 0 atom stereocenters. The van der Waals surface area contributed by atoms with Gasteiger partial charge in [-0.05, 0) is 36.8 Å². The molecule has 2 aromatic rings. The van der Waals surface area contributed by atoms with Crippen LogP contribution in [-0.2, 0) is 6.54 Å². The lowest BCUT2D eigenvalue weighted by Crippen LogP contribution is -2.23. The van der Waals surface area contributed by atoms with Gasteiger partial charge in [-0.3, -0.25) is 4.79 Å². The van der Waals surface area contributed by atoms with Gasteiger partial charge in [0.2, 0.25) is 0 Å². The molecule has 0 spiro atoms. The molecule has 0 aliphatic rings. The average molecular weight is 345 g/mol. The Morgan fingerprint density at radius 3 is 2.83 bits per heavy atom. The van der Waals surface area contributed by atoms with Gasteiger partial charge in [0.1, 0.15) is 0 Å². The van der Waals surface area contributed by atoms with Crippen LogP contribution in [0, 0.1) is 6.92 Å². The van der Waals surface area contributed by atoms with Gasteiger partial charge in [0, 0.05) is 14.9 Å². The van der Waals surface area contributed by atoms with Gasteiger partial charge in [0.05, 0.1) is 10.9 Å². The second-order valence-corrected chi connectivity index (χ2v) is 6.56. The summed E-state index contributed by atoms with van der Waals surface area (Å²) < 4.78 is 1.63. The Labute approximate surface area is 123 Å². The zero-order valence-corrected chi connectivity index (χ0v) is 12.8. The number of benzene rings is 1. The molecule has 1 amide bonds. The first kappa shape index (κ1) is 13.6. The molecule has 1 heterocycles. The molecule has 0 saturated heterocycles. The van der Waals surface area contributed by atoms with Crippen molar-refractivity contribution < 1.29 is 4.79 Å². The van der Waals surface area contributed by atoms with Gasteiger partial charge in [0.15, 0.2) is 0 Å². The van der Waals surface area contributed by atoms with E-state index < -0.39 is 0 Å². The quantitative estimate of drug-likeness (QED) is 0.878. The van der Waals surface area contributed by atoms with E-state index in [-0.39, 0.29) is 5.91 Å². The van der Waals surface area contributed by atoms with E-state index in [4.69, 9.17) is 11.6 Å². The van der Waals surface area contributed by atoms with Gasteiger partial charge in [-0.15, -0.1) is 11.3 Å². The van der Waals surface area contributed by atoms with E-state index in [1.165, 1.54) is 11.3 Å². The Kier molecular flexibility index (Phi) is 4.43. The number of aryl methyl sites for hydroxylation is 1. The first-order valence-corrected chi connectivity index (χ1v) is 7.33.